The van der Waals surface area contributed by atoms with Gasteiger partial charge in [0.2, 0.25) is 0 Å². The molecule has 3 aromatic carbocycles. The summed E-state index contributed by atoms with van der Waals surface area (Å²) in [5.41, 5.74) is 5.77. The highest BCUT2D eigenvalue weighted by molar-refractivity contribution is 7.84. The van der Waals surface area contributed by atoms with Gasteiger partial charge in [-0.2, -0.15) is 5.26 Å². The Morgan fingerprint density at radius 2 is 1.50 bits per heavy atom. The van der Waals surface area contributed by atoms with E-state index in [0.29, 0.717) is 22.0 Å². The van der Waals surface area contributed by atoms with E-state index in [-0.39, 0.29) is 0 Å². The Balaban J connectivity index is 1.89. The number of aromatic nitrogens is 1. The summed E-state index contributed by atoms with van der Waals surface area (Å²) in [6.07, 6.45) is 0. The molecule has 4 rings (SSSR count). The van der Waals surface area contributed by atoms with Gasteiger partial charge in [-0.05, 0) is 24.1 Å². The quantitative estimate of drug-likeness (QED) is 0.413. The first-order valence-corrected chi connectivity index (χ1v) is 11.0. The highest BCUT2D eigenvalue weighted by Gasteiger charge is 2.20. The summed E-state index contributed by atoms with van der Waals surface area (Å²) >= 11 is 0. The third-order valence-electron chi connectivity index (χ3n) is 4.89. The van der Waals surface area contributed by atoms with Gasteiger partial charge in [0.25, 0.3) is 0 Å². The molecule has 0 aliphatic carbocycles. The Morgan fingerprint density at radius 3 is 2.13 bits per heavy atom. The fourth-order valence-electron chi connectivity index (χ4n) is 3.31. The third-order valence-corrected chi connectivity index (χ3v) is 6.21. The van der Waals surface area contributed by atoms with Gasteiger partial charge in [0.1, 0.15) is 11.1 Å². The standard InChI is InChI=1S/C26H20N2OS/c1-19-12-14-22(15-13-19)25-16-23(21-10-6-3-7-11-21)24(17-27)26(28-25)30(29)18-20-8-4-2-5-9-20/h2-16H,18H2,1H3/t30-/m0/s1. The molecule has 0 N–H and O–H groups in total. The molecule has 0 saturated heterocycles. The molecule has 4 heteroatoms. The average Bonchev–Trinajstić information content (AvgIpc) is 2.80. The maximum Gasteiger partial charge on any atom is 0.146 e. The summed E-state index contributed by atoms with van der Waals surface area (Å²) in [4.78, 5) is 4.70. The summed E-state index contributed by atoms with van der Waals surface area (Å²) < 4.78 is 13.3. The van der Waals surface area contributed by atoms with Crippen LogP contribution in [0.1, 0.15) is 16.7 Å². The molecule has 0 fully saturated rings. The van der Waals surface area contributed by atoms with Gasteiger partial charge in [-0.25, -0.2) is 4.98 Å². The molecule has 0 unspecified atom stereocenters. The first kappa shape index (κ1) is 19.8. The minimum atomic E-state index is -1.45. The molecule has 1 heterocycles. The van der Waals surface area contributed by atoms with Crippen molar-refractivity contribution in [3.63, 3.8) is 0 Å². The second-order valence-corrected chi connectivity index (χ2v) is 8.42. The summed E-state index contributed by atoms with van der Waals surface area (Å²) in [5, 5.41) is 10.3. The van der Waals surface area contributed by atoms with Gasteiger partial charge in [0.15, 0.2) is 0 Å². The minimum absolute atomic E-state index is 0.314. The fraction of sp³-hybridized carbons (Fsp3) is 0.0769. The van der Waals surface area contributed by atoms with Gasteiger partial charge in [-0.3, -0.25) is 4.21 Å². The van der Waals surface area contributed by atoms with E-state index in [1.54, 1.807) is 0 Å². The summed E-state index contributed by atoms with van der Waals surface area (Å²) in [6, 6.07) is 31.6. The van der Waals surface area contributed by atoms with Crippen LogP contribution in [0.3, 0.4) is 0 Å². The van der Waals surface area contributed by atoms with Crippen LogP contribution in [0.25, 0.3) is 22.4 Å². The number of benzene rings is 3. The van der Waals surface area contributed by atoms with Crippen LogP contribution in [0, 0.1) is 18.3 Å². The van der Waals surface area contributed by atoms with Crippen LogP contribution in [-0.4, -0.2) is 9.19 Å². The molecule has 0 bridgehead atoms. The van der Waals surface area contributed by atoms with E-state index >= 15 is 0 Å². The van der Waals surface area contributed by atoms with E-state index in [9.17, 15) is 9.47 Å². The Bertz CT molecular complexity index is 1230. The second kappa shape index (κ2) is 8.86. The molecule has 1 atom stereocenters. The minimum Gasteiger partial charge on any atom is -0.252 e. The molecular weight excluding hydrogens is 388 g/mol. The zero-order valence-corrected chi connectivity index (χ0v) is 17.4. The predicted octanol–water partition coefficient (Wildman–Crippen LogP) is 5.90. The van der Waals surface area contributed by atoms with Crippen LogP contribution in [0.4, 0.5) is 0 Å². The van der Waals surface area contributed by atoms with Crippen molar-refractivity contribution in [1.82, 2.24) is 4.98 Å². The number of hydrogen-bond acceptors (Lipinski definition) is 3. The second-order valence-electron chi connectivity index (χ2n) is 7.05. The van der Waals surface area contributed by atoms with Crippen molar-refractivity contribution in [3.8, 4) is 28.5 Å². The van der Waals surface area contributed by atoms with Crippen LogP contribution in [0.5, 0.6) is 0 Å². The van der Waals surface area contributed by atoms with Crippen LogP contribution in [-0.2, 0) is 16.6 Å². The number of aryl methyl sites for hydroxylation is 1. The van der Waals surface area contributed by atoms with Crippen molar-refractivity contribution in [2.24, 2.45) is 0 Å². The lowest BCUT2D eigenvalue weighted by Crippen LogP contribution is -2.05. The third kappa shape index (κ3) is 4.22. The maximum atomic E-state index is 13.3. The summed E-state index contributed by atoms with van der Waals surface area (Å²) in [7, 11) is -1.45. The highest BCUT2D eigenvalue weighted by atomic mass is 32.2. The van der Waals surface area contributed by atoms with Crippen LogP contribution >= 0.6 is 0 Å². The number of rotatable bonds is 5. The number of nitriles is 1. The lowest BCUT2D eigenvalue weighted by atomic mass is 9.99. The zero-order valence-electron chi connectivity index (χ0n) is 16.6. The maximum absolute atomic E-state index is 13.3. The first-order chi connectivity index (χ1) is 14.7. The van der Waals surface area contributed by atoms with E-state index < -0.39 is 10.8 Å². The fourth-order valence-corrected chi connectivity index (χ4v) is 4.52. The van der Waals surface area contributed by atoms with Crippen molar-refractivity contribution in [2.75, 3.05) is 0 Å². The molecule has 3 nitrogen and oxygen atoms in total. The van der Waals surface area contributed by atoms with Gasteiger partial charge in [-0.1, -0.05) is 90.5 Å². The molecule has 0 amide bonds. The van der Waals surface area contributed by atoms with Crippen molar-refractivity contribution in [2.45, 2.75) is 17.7 Å². The van der Waals surface area contributed by atoms with Gasteiger partial charge < -0.3 is 0 Å². The Kier molecular flexibility index (Phi) is 5.83. The molecule has 30 heavy (non-hydrogen) atoms. The van der Waals surface area contributed by atoms with Crippen LogP contribution < -0.4 is 0 Å². The smallest absolute Gasteiger partial charge is 0.146 e. The van der Waals surface area contributed by atoms with E-state index in [0.717, 1.165) is 27.8 Å². The van der Waals surface area contributed by atoms with Crippen molar-refractivity contribution >= 4 is 10.8 Å². The Hall–Kier alpha value is -3.55. The molecule has 4 aromatic rings. The topological polar surface area (TPSA) is 53.8 Å². The average molecular weight is 409 g/mol. The number of hydrogen-bond donors (Lipinski definition) is 0. The molecular formula is C26H20N2OS. The molecule has 0 saturated carbocycles. The Morgan fingerprint density at radius 1 is 0.867 bits per heavy atom. The normalized spacial score (nSPS) is 11.6. The molecule has 1 aromatic heterocycles. The van der Waals surface area contributed by atoms with Gasteiger partial charge in [0, 0.05) is 11.1 Å². The zero-order chi connectivity index (χ0) is 20.9. The van der Waals surface area contributed by atoms with Crippen molar-refractivity contribution in [3.05, 3.63) is 108 Å². The lowest BCUT2D eigenvalue weighted by molar-refractivity contribution is 0.679. The van der Waals surface area contributed by atoms with E-state index in [2.05, 4.69) is 6.07 Å². The highest BCUT2D eigenvalue weighted by Crippen LogP contribution is 2.32. The monoisotopic (exact) mass is 408 g/mol. The van der Waals surface area contributed by atoms with Crippen molar-refractivity contribution in [1.29, 1.82) is 5.26 Å². The van der Waals surface area contributed by atoms with Crippen LogP contribution in [0.15, 0.2) is 96.0 Å². The SMILES string of the molecule is Cc1ccc(-c2cc(-c3ccccc3)c(C#N)c([S@@](=O)Cc3ccccc3)n2)cc1. The predicted molar refractivity (Wildman–Crippen MR) is 121 cm³/mol. The van der Waals surface area contributed by atoms with Crippen molar-refractivity contribution < 1.29 is 4.21 Å². The number of pyridine rings is 1. The molecule has 0 aliphatic heterocycles. The molecule has 0 aliphatic rings. The Labute approximate surface area is 179 Å². The molecule has 0 radical (unpaired) electrons. The van der Waals surface area contributed by atoms with E-state index in [4.69, 9.17) is 4.98 Å². The van der Waals surface area contributed by atoms with E-state index in [1.165, 1.54) is 0 Å². The largest absolute Gasteiger partial charge is 0.252 e. The summed E-state index contributed by atoms with van der Waals surface area (Å²) in [6.45, 7) is 2.03. The summed E-state index contributed by atoms with van der Waals surface area (Å²) in [5.74, 6) is 0.314. The van der Waals surface area contributed by atoms with Gasteiger partial charge >= 0.3 is 0 Å². The number of nitrogens with zero attached hydrogens (tertiary/aromatic N) is 2. The van der Waals surface area contributed by atoms with Gasteiger partial charge in [0.05, 0.1) is 27.8 Å². The first-order valence-electron chi connectivity index (χ1n) is 9.65. The van der Waals surface area contributed by atoms with Crippen LogP contribution in [0.2, 0.25) is 0 Å². The van der Waals surface area contributed by atoms with Gasteiger partial charge in [-0.15, -0.1) is 0 Å². The molecule has 0 spiro atoms. The lowest BCUT2D eigenvalue weighted by Gasteiger charge is -2.13. The van der Waals surface area contributed by atoms with E-state index in [1.807, 2.05) is 97.9 Å². The molecule has 146 valence electrons.